The second-order valence-electron chi connectivity index (χ2n) is 18.4. The van der Waals surface area contributed by atoms with Crippen molar-refractivity contribution in [3.8, 4) is 0 Å². The summed E-state index contributed by atoms with van der Waals surface area (Å²) in [5.74, 6) is -7.26. The molecule has 2 saturated heterocycles. The average Bonchev–Trinajstić information content (AvgIpc) is 1.32. The van der Waals surface area contributed by atoms with Crippen LogP contribution in [0.15, 0.2) is 182 Å². The molecule has 2 fully saturated rings. The van der Waals surface area contributed by atoms with Crippen LogP contribution in [0.4, 0.5) is 4.79 Å². The van der Waals surface area contributed by atoms with Crippen LogP contribution in [-0.2, 0) is 52.1 Å². The van der Waals surface area contributed by atoms with Crippen LogP contribution < -0.4 is 5.32 Å². The molecule has 1 amide bonds. The van der Waals surface area contributed by atoms with Crippen molar-refractivity contribution in [1.29, 1.82) is 5.41 Å². The minimum atomic E-state index is -2.62. The number of halogens is 6. The lowest BCUT2D eigenvalue weighted by atomic mass is 9.94. The lowest BCUT2D eigenvalue weighted by Crippen LogP contribution is -2.69. The fourth-order valence-corrected chi connectivity index (χ4v) is 8.77. The van der Waals surface area contributed by atoms with Crippen molar-refractivity contribution in [1.82, 2.24) is 5.32 Å². The van der Waals surface area contributed by atoms with E-state index in [2.05, 4.69) is 5.32 Å². The third-order valence-electron chi connectivity index (χ3n) is 12.5. The molecule has 10 atom stereocenters. The predicted octanol–water partition coefficient (Wildman–Crippen LogP) is 10.3. The molecule has 0 bridgehead atoms. The van der Waals surface area contributed by atoms with Gasteiger partial charge in [0.25, 0.3) is 3.79 Å². The number of hydrogen-bond donors (Lipinski definition) is 2. The van der Waals surface area contributed by atoms with Crippen molar-refractivity contribution in [2.75, 3.05) is 19.8 Å². The van der Waals surface area contributed by atoms with Gasteiger partial charge in [-0.05, 0) is 72.8 Å². The fourth-order valence-electron chi connectivity index (χ4n) is 8.48. The van der Waals surface area contributed by atoms with E-state index in [0.717, 1.165) is 0 Å². The van der Waals surface area contributed by atoms with E-state index in [1.54, 1.807) is 72.8 Å². The third kappa shape index (κ3) is 17.8. The maximum atomic E-state index is 14.6. The molecule has 444 valence electrons. The highest BCUT2D eigenvalue weighted by Crippen LogP contribution is 2.38. The van der Waals surface area contributed by atoms with Gasteiger partial charge in [0.05, 0.1) is 33.4 Å². The number of nitrogens with one attached hydrogen (secondary N) is 2. The number of rotatable bonds is 19. The Bertz CT molecular complexity index is 3260. The second kappa shape index (κ2) is 29.5. The standard InChI is InChI=1S/C59H48Cl6N2O18/c60-58(61,62)33-77-57(74)67-42-45(81-51(71)37-25-13-4-14-26-37)43(40(78-54(42)85-56(66)59(63,64)65)31-75-48(68)34-19-7-1-8-20-34)84-55-47(83-53(73)39-29-17-6-18-30-39)46(82-52(72)38-27-15-5-16-28-38)44(80-50(70)36-23-11-3-12-24-36)41(79-55)32-76-49(69)35-21-9-2-10-22-35/h1-30,40-47,54-55,66H,31-33H2,(H,67,74)/t40-,41-,42-,43-,44+,45-,46+,47-,54-,55+/m1/s1. The number of hydrogen-bond acceptors (Lipinski definition) is 19. The summed E-state index contributed by atoms with van der Waals surface area (Å²) in [5.41, 5.74) is -0.0968. The van der Waals surface area contributed by atoms with Gasteiger partial charge in [-0.15, -0.1) is 0 Å². The SMILES string of the molecule is N=C(O[C@H]1O[C@H](COC(=O)c2ccccc2)[C@@H](O[C@@H]2O[C@H](COC(=O)c3ccccc3)[C@H](OC(=O)c3ccccc3)[C@H](OC(=O)c3ccccc3)[C@H]2OC(=O)c2ccccc2)[C@H](OC(=O)c2ccccc2)[C@H]1NC(=O)OCC(Cl)(Cl)Cl)C(Cl)(Cl)Cl. The largest absolute Gasteiger partial charge is 0.459 e. The molecule has 6 aromatic carbocycles. The van der Waals surface area contributed by atoms with Crippen LogP contribution >= 0.6 is 69.6 Å². The van der Waals surface area contributed by atoms with Gasteiger partial charge in [-0.2, -0.15) is 0 Å². The minimum absolute atomic E-state index is 0.00677. The summed E-state index contributed by atoms with van der Waals surface area (Å²) in [6, 6.07) is 43.2. The Morgan fingerprint density at radius 2 is 0.729 bits per heavy atom. The monoisotopic (exact) mass is 1280 g/mol. The Morgan fingerprint density at radius 3 is 1.11 bits per heavy atom. The van der Waals surface area contributed by atoms with Crippen LogP contribution in [0.1, 0.15) is 62.1 Å². The molecule has 0 aromatic heterocycles. The molecule has 8 rings (SSSR count). The van der Waals surface area contributed by atoms with Crippen LogP contribution in [0, 0.1) is 5.41 Å². The second-order valence-corrected chi connectivity index (χ2v) is 23.2. The topological polar surface area (TPSA) is 257 Å². The first kappa shape index (κ1) is 63.5. The van der Waals surface area contributed by atoms with Gasteiger partial charge in [0.1, 0.15) is 44.2 Å². The van der Waals surface area contributed by atoms with Crippen molar-refractivity contribution < 1.29 is 85.7 Å². The third-order valence-corrected chi connectivity index (χ3v) is 13.3. The Balaban J connectivity index is 1.32. The first-order chi connectivity index (χ1) is 40.7. The van der Waals surface area contributed by atoms with Crippen LogP contribution in [-0.4, -0.2) is 137 Å². The summed E-state index contributed by atoms with van der Waals surface area (Å²) in [4.78, 5) is 99.4. The number of ether oxygens (including phenoxy) is 11. The smallest absolute Gasteiger partial charge is 0.407 e. The summed E-state index contributed by atoms with van der Waals surface area (Å²) in [6.45, 7) is -2.58. The van der Waals surface area contributed by atoms with E-state index in [1.807, 2.05) is 0 Å². The molecule has 0 saturated carbocycles. The molecule has 2 N–H and O–H groups in total. The zero-order valence-corrected chi connectivity index (χ0v) is 48.4. The molecule has 26 heteroatoms. The first-order valence-corrected chi connectivity index (χ1v) is 27.8. The maximum absolute atomic E-state index is 14.6. The molecule has 0 aliphatic carbocycles. The van der Waals surface area contributed by atoms with E-state index in [4.69, 9.17) is 127 Å². The molecule has 0 radical (unpaired) electrons. The molecule has 2 aliphatic heterocycles. The van der Waals surface area contributed by atoms with Gasteiger partial charge < -0.3 is 57.4 Å². The van der Waals surface area contributed by atoms with Gasteiger partial charge in [-0.3, -0.25) is 5.41 Å². The van der Waals surface area contributed by atoms with Gasteiger partial charge in [0.15, 0.2) is 30.7 Å². The van der Waals surface area contributed by atoms with E-state index >= 15 is 0 Å². The maximum Gasteiger partial charge on any atom is 0.407 e. The van der Waals surface area contributed by atoms with E-state index < -0.39 is 137 Å². The van der Waals surface area contributed by atoms with Crippen LogP contribution in [0.5, 0.6) is 0 Å². The number of alkyl halides is 6. The predicted molar refractivity (Wildman–Crippen MR) is 306 cm³/mol. The summed E-state index contributed by atoms with van der Waals surface area (Å²) < 4.78 is 62.8. The molecule has 2 heterocycles. The molecule has 6 aromatic rings. The van der Waals surface area contributed by atoms with E-state index in [-0.39, 0.29) is 33.4 Å². The van der Waals surface area contributed by atoms with Crippen molar-refractivity contribution in [3.63, 3.8) is 0 Å². The zero-order chi connectivity index (χ0) is 60.7. The lowest BCUT2D eigenvalue weighted by Gasteiger charge is -2.49. The molecule has 0 spiro atoms. The lowest BCUT2D eigenvalue weighted by molar-refractivity contribution is -0.341. The number of amides is 1. The Hall–Kier alpha value is -7.50. The summed E-state index contributed by atoms with van der Waals surface area (Å²) in [7, 11) is 0. The van der Waals surface area contributed by atoms with Crippen molar-refractivity contribution in [2.45, 2.75) is 68.9 Å². The number of benzene rings is 6. The number of alkyl carbamates (subject to hydrolysis) is 1. The Kier molecular flexibility index (Phi) is 22.1. The summed E-state index contributed by atoms with van der Waals surface area (Å²) in [6.07, 6.45) is -19.4. The molecule has 2 aliphatic rings. The van der Waals surface area contributed by atoms with Gasteiger partial charge in [0.2, 0.25) is 16.0 Å². The normalized spacial score (nSPS) is 22.0. The van der Waals surface area contributed by atoms with Crippen molar-refractivity contribution >= 4 is 117 Å². The van der Waals surface area contributed by atoms with Gasteiger partial charge in [-0.1, -0.05) is 179 Å². The van der Waals surface area contributed by atoms with Crippen molar-refractivity contribution in [3.05, 3.63) is 215 Å². The van der Waals surface area contributed by atoms with Gasteiger partial charge >= 0.3 is 41.9 Å². The Morgan fingerprint density at radius 1 is 0.400 bits per heavy atom. The van der Waals surface area contributed by atoms with E-state index in [9.17, 15) is 33.6 Å². The molecule has 20 nitrogen and oxygen atoms in total. The quantitative estimate of drug-likeness (QED) is 0.0251. The molecular weight excluding hydrogens is 1240 g/mol. The van der Waals surface area contributed by atoms with Crippen LogP contribution in [0.25, 0.3) is 0 Å². The summed E-state index contributed by atoms with van der Waals surface area (Å²) >= 11 is 36.2. The number of carbonyl (C=O) groups excluding carboxylic acids is 7. The van der Waals surface area contributed by atoms with Gasteiger partial charge in [0, 0.05) is 0 Å². The molecular formula is C59H48Cl6N2O18. The highest BCUT2D eigenvalue weighted by atomic mass is 35.6. The minimum Gasteiger partial charge on any atom is -0.459 e. The van der Waals surface area contributed by atoms with E-state index in [0.29, 0.717) is 0 Å². The van der Waals surface area contributed by atoms with Gasteiger partial charge in [-0.25, -0.2) is 33.6 Å². The first-order valence-electron chi connectivity index (χ1n) is 25.5. The zero-order valence-electron chi connectivity index (χ0n) is 43.8. The highest BCUT2D eigenvalue weighted by Gasteiger charge is 2.59. The molecule has 85 heavy (non-hydrogen) atoms. The average molecular weight is 1290 g/mol. The molecule has 0 unspecified atom stereocenters. The summed E-state index contributed by atoms with van der Waals surface area (Å²) in [5, 5.41) is 11.0. The number of carbonyl (C=O) groups is 7. The highest BCUT2D eigenvalue weighted by molar-refractivity contribution is 6.76. The van der Waals surface area contributed by atoms with E-state index in [1.165, 1.54) is 109 Å². The van der Waals surface area contributed by atoms with Crippen LogP contribution in [0.2, 0.25) is 0 Å². The Labute approximate surface area is 515 Å². The van der Waals surface area contributed by atoms with Crippen molar-refractivity contribution in [2.24, 2.45) is 0 Å². The number of esters is 6. The fraction of sp³-hybridized carbons (Fsp3) is 0.254. The van der Waals surface area contributed by atoms with Crippen LogP contribution in [0.3, 0.4) is 0 Å².